The summed E-state index contributed by atoms with van der Waals surface area (Å²) in [7, 11) is 0. The number of ketones is 1. The van der Waals surface area contributed by atoms with Crippen molar-refractivity contribution in [1.82, 2.24) is 19.9 Å². The average molecular weight is 269 g/mol. The Morgan fingerprint density at radius 2 is 2.05 bits per heavy atom. The van der Waals surface area contributed by atoms with Crippen LogP contribution in [0.15, 0.2) is 37.1 Å². The molecule has 0 radical (unpaired) electrons. The average Bonchev–Trinajstić information content (AvgIpc) is 2.56. The zero-order valence-corrected chi connectivity index (χ0v) is 11.0. The summed E-state index contributed by atoms with van der Waals surface area (Å²) in [6.45, 7) is 1.51. The molecule has 1 fully saturated rings. The molecule has 0 amide bonds. The number of hydrogen-bond acceptors (Lipinski definition) is 6. The second-order valence-electron chi connectivity index (χ2n) is 4.80. The smallest absolute Gasteiger partial charge is 0.228 e. The molecule has 0 aliphatic carbocycles. The maximum absolute atomic E-state index is 12.4. The Morgan fingerprint density at radius 1 is 1.20 bits per heavy atom. The molecule has 0 aromatic carbocycles. The fraction of sp³-hybridized carbons (Fsp3) is 0.357. The molecule has 1 saturated heterocycles. The summed E-state index contributed by atoms with van der Waals surface area (Å²) in [5, 5.41) is 0. The van der Waals surface area contributed by atoms with Crippen molar-refractivity contribution in [2.24, 2.45) is 5.92 Å². The molecule has 0 spiro atoms. The van der Waals surface area contributed by atoms with E-state index in [-0.39, 0.29) is 11.7 Å². The second kappa shape index (κ2) is 5.73. The Kier molecular flexibility index (Phi) is 3.62. The first-order valence-corrected chi connectivity index (χ1v) is 6.67. The van der Waals surface area contributed by atoms with Gasteiger partial charge in [0, 0.05) is 25.2 Å². The van der Waals surface area contributed by atoms with Gasteiger partial charge in [0.2, 0.25) is 5.95 Å². The van der Waals surface area contributed by atoms with E-state index in [1.165, 1.54) is 12.7 Å². The molecule has 1 unspecified atom stereocenters. The van der Waals surface area contributed by atoms with Crippen LogP contribution in [0.2, 0.25) is 0 Å². The third kappa shape index (κ3) is 2.64. The van der Waals surface area contributed by atoms with Gasteiger partial charge in [0.1, 0.15) is 18.3 Å². The predicted octanol–water partition coefficient (Wildman–Crippen LogP) is 1.37. The van der Waals surface area contributed by atoms with E-state index in [0.29, 0.717) is 18.2 Å². The van der Waals surface area contributed by atoms with Crippen LogP contribution >= 0.6 is 0 Å². The van der Waals surface area contributed by atoms with Crippen molar-refractivity contribution in [3.8, 4) is 0 Å². The number of Topliss-reactive ketones (excluding diaryl/α,β-unsaturated/α-hetero) is 1. The van der Waals surface area contributed by atoms with Crippen LogP contribution in [0.4, 0.5) is 5.95 Å². The van der Waals surface area contributed by atoms with E-state index < -0.39 is 0 Å². The maximum atomic E-state index is 12.4. The van der Waals surface area contributed by atoms with Gasteiger partial charge in [-0.3, -0.25) is 9.78 Å². The fourth-order valence-electron chi connectivity index (χ4n) is 2.49. The molecule has 0 saturated carbocycles. The summed E-state index contributed by atoms with van der Waals surface area (Å²) in [6.07, 6.45) is 6.45. The van der Waals surface area contributed by atoms with E-state index in [4.69, 9.17) is 0 Å². The van der Waals surface area contributed by atoms with E-state index in [2.05, 4.69) is 19.9 Å². The minimum atomic E-state index is -0.0459. The number of piperidine rings is 1. The van der Waals surface area contributed by atoms with Gasteiger partial charge in [0.05, 0.1) is 0 Å². The summed E-state index contributed by atoms with van der Waals surface area (Å²) < 4.78 is 0. The van der Waals surface area contributed by atoms with Gasteiger partial charge in [-0.05, 0) is 25.0 Å². The quantitative estimate of drug-likeness (QED) is 0.784. The van der Waals surface area contributed by atoms with Crippen LogP contribution in [0.3, 0.4) is 0 Å². The molecule has 0 N–H and O–H groups in total. The van der Waals surface area contributed by atoms with E-state index in [1.54, 1.807) is 12.3 Å². The van der Waals surface area contributed by atoms with Crippen LogP contribution in [0.25, 0.3) is 0 Å². The first-order valence-electron chi connectivity index (χ1n) is 6.67. The van der Waals surface area contributed by atoms with Crippen molar-refractivity contribution < 1.29 is 4.79 Å². The summed E-state index contributed by atoms with van der Waals surface area (Å²) >= 11 is 0. The number of carbonyl (C=O) groups excluding carboxylic acids is 1. The summed E-state index contributed by atoms with van der Waals surface area (Å²) in [5.74, 6) is 0.693. The largest absolute Gasteiger partial charge is 0.340 e. The molecule has 1 aliphatic rings. The van der Waals surface area contributed by atoms with Gasteiger partial charge in [-0.2, -0.15) is 0 Å². The number of pyridine rings is 1. The topological polar surface area (TPSA) is 71.9 Å². The lowest BCUT2D eigenvalue weighted by molar-refractivity contribution is 0.0901. The third-order valence-electron chi connectivity index (χ3n) is 3.47. The Morgan fingerprint density at radius 3 is 2.80 bits per heavy atom. The van der Waals surface area contributed by atoms with Crippen molar-refractivity contribution in [3.63, 3.8) is 0 Å². The Bertz CT molecular complexity index is 575. The number of anilines is 1. The van der Waals surface area contributed by atoms with Crippen LogP contribution < -0.4 is 4.90 Å². The highest BCUT2D eigenvalue weighted by atomic mass is 16.1. The molecule has 1 atom stereocenters. The second-order valence-corrected chi connectivity index (χ2v) is 4.80. The summed E-state index contributed by atoms with van der Waals surface area (Å²) in [5.41, 5.74) is 0.537. The molecule has 3 heterocycles. The number of hydrogen-bond donors (Lipinski definition) is 0. The molecule has 6 nitrogen and oxygen atoms in total. The van der Waals surface area contributed by atoms with E-state index in [9.17, 15) is 4.79 Å². The number of nitrogens with zero attached hydrogens (tertiary/aromatic N) is 5. The Hall–Kier alpha value is -2.37. The molecule has 1 aliphatic heterocycles. The minimum absolute atomic E-state index is 0.0459. The van der Waals surface area contributed by atoms with Gasteiger partial charge in [-0.25, -0.2) is 15.0 Å². The molecule has 102 valence electrons. The first-order chi connectivity index (χ1) is 9.84. The van der Waals surface area contributed by atoms with Crippen molar-refractivity contribution in [2.45, 2.75) is 12.8 Å². The Balaban J connectivity index is 1.74. The zero-order chi connectivity index (χ0) is 13.8. The van der Waals surface area contributed by atoms with Crippen molar-refractivity contribution >= 4 is 11.7 Å². The van der Waals surface area contributed by atoms with Gasteiger partial charge in [-0.15, -0.1) is 0 Å². The minimum Gasteiger partial charge on any atom is -0.340 e. The van der Waals surface area contributed by atoms with Crippen molar-refractivity contribution in [1.29, 1.82) is 0 Å². The summed E-state index contributed by atoms with van der Waals surface area (Å²) in [6, 6.07) is 5.42. The van der Waals surface area contributed by atoms with Gasteiger partial charge in [0.25, 0.3) is 0 Å². The molecule has 20 heavy (non-hydrogen) atoms. The number of rotatable bonds is 3. The van der Waals surface area contributed by atoms with Crippen molar-refractivity contribution in [3.05, 3.63) is 42.7 Å². The van der Waals surface area contributed by atoms with Gasteiger partial charge < -0.3 is 4.90 Å². The predicted molar refractivity (Wildman–Crippen MR) is 73.3 cm³/mol. The lowest BCUT2D eigenvalue weighted by Crippen LogP contribution is -2.39. The van der Waals surface area contributed by atoms with E-state index >= 15 is 0 Å². The highest BCUT2D eigenvalue weighted by Crippen LogP contribution is 2.22. The van der Waals surface area contributed by atoms with Crippen LogP contribution in [0.5, 0.6) is 0 Å². The zero-order valence-electron chi connectivity index (χ0n) is 11.0. The van der Waals surface area contributed by atoms with Crippen LogP contribution in [0.1, 0.15) is 23.3 Å². The standard InChI is InChI=1S/C14H15N5O/c20-13(12-5-1-2-6-16-12)11-4-3-7-19(8-11)14-17-9-15-10-18-14/h1-2,5-6,9-11H,3-4,7-8H2. The maximum Gasteiger partial charge on any atom is 0.228 e. The number of aromatic nitrogens is 4. The molecule has 0 bridgehead atoms. The Labute approximate surface area is 116 Å². The van der Waals surface area contributed by atoms with Gasteiger partial charge in [-0.1, -0.05) is 6.07 Å². The lowest BCUT2D eigenvalue weighted by atomic mass is 9.92. The normalized spacial score (nSPS) is 18.8. The SMILES string of the molecule is O=C(c1ccccn1)C1CCCN(c2ncncn2)C1. The monoisotopic (exact) mass is 269 g/mol. The van der Waals surface area contributed by atoms with Gasteiger partial charge in [0.15, 0.2) is 5.78 Å². The number of carbonyl (C=O) groups is 1. The van der Waals surface area contributed by atoms with Crippen LogP contribution in [-0.4, -0.2) is 38.8 Å². The molecule has 6 heteroatoms. The molecule has 2 aromatic rings. The highest BCUT2D eigenvalue weighted by molar-refractivity contribution is 5.96. The molecule has 3 rings (SSSR count). The summed E-state index contributed by atoms with van der Waals surface area (Å²) in [4.78, 5) is 30.7. The third-order valence-corrected chi connectivity index (χ3v) is 3.47. The molecule has 2 aromatic heterocycles. The van der Waals surface area contributed by atoms with E-state index in [1.807, 2.05) is 17.0 Å². The van der Waals surface area contributed by atoms with Crippen molar-refractivity contribution in [2.75, 3.05) is 18.0 Å². The highest BCUT2D eigenvalue weighted by Gasteiger charge is 2.28. The van der Waals surface area contributed by atoms with E-state index in [0.717, 1.165) is 19.4 Å². The van der Waals surface area contributed by atoms with Crippen LogP contribution in [0, 0.1) is 5.92 Å². The first kappa shape index (κ1) is 12.7. The fourth-order valence-corrected chi connectivity index (χ4v) is 2.49. The molecular weight excluding hydrogens is 254 g/mol. The van der Waals surface area contributed by atoms with Crippen LogP contribution in [-0.2, 0) is 0 Å². The molecular formula is C14H15N5O. The lowest BCUT2D eigenvalue weighted by Gasteiger charge is -2.31. The van der Waals surface area contributed by atoms with Gasteiger partial charge >= 0.3 is 0 Å².